The van der Waals surface area contributed by atoms with Crippen LogP contribution in [0.4, 0.5) is 0 Å². The van der Waals surface area contributed by atoms with Crippen LogP contribution >= 0.6 is 0 Å². The molecular weight excluding hydrogens is 263 g/mol. The first-order chi connectivity index (χ1) is 7.41. The van der Waals surface area contributed by atoms with Crippen molar-refractivity contribution >= 4 is 40.4 Å². The zero-order valence-electron chi connectivity index (χ0n) is 8.98. The molecule has 0 aromatic heterocycles. The Bertz CT molecular complexity index is 73.2. The largest absolute Gasteiger partial charge is 0.653 e. The van der Waals surface area contributed by atoms with Crippen LogP contribution in [0.15, 0.2) is 0 Å². The predicted molar refractivity (Wildman–Crippen MR) is 52.9 cm³/mol. The van der Waals surface area contributed by atoms with Gasteiger partial charge in [-0.2, -0.15) is 0 Å². The average Bonchev–Trinajstić information content (AvgIpc) is 2.42. The van der Waals surface area contributed by atoms with E-state index in [9.17, 15) is 0 Å². The number of hydrogen-bond donors (Lipinski definition) is 0. The van der Waals surface area contributed by atoms with E-state index >= 15 is 0 Å². The molecule has 16 heavy (non-hydrogen) atoms. The van der Waals surface area contributed by atoms with Crippen LogP contribution in [-0.2, 0) is 50.6 Å². The summed E-state index contributed by atoms with van der Waals surface area (Å²) in [5.74, 6) is 0. The fourth-order valence-electron chi connectivity index (χ4n) is 0.0589. The van der Waals surface area contributed by atoms with Crippen molar-refractivity contribution in [3.63, 3.8) is 0 Å². The van der Waals surface area contributed by atoms with Gasteiger partial charge in [0, 0.05) is 23.7 Å². The van der Waals surface area contributed by atoms with Crippen LogP contribution in [0.5, 0.6) is 0 Å². The SMILES string of the molecule is C=O.C=O.C=O.C=O.C=O.CCO[C-]=O.[Mn]. The molecule has 0 aliphatic rings. The van der Waals surface area contributed by atoms with Gasteiger partial charge in [0.15, 0.2) is 0 Å². The van der Waals surface area contributed by atoms with E-state index in [0.717, 1.165) is 0 Å². The molecule has 0 N–H and O–H groups in total. The summed E-state index contributed by atoms with van der Waals surface area (Å²) in [7, 11) is 0. The second-order valence-corrected chi connectivity index (χ2v) is 0.516. The Balaban J connectivity index is -0.0000000130. The van der Waals surface area contributed by atoms with Crippen molar-refractivity contribution in [3.8, 4) is 0 Å². The summed E-state index contributed by atoms with van der Waals surface area (Å²) in [6.45, 7) is 13.4. The smallest absolute Gasteiger partial charge is 0.106 e. The molecule has 0 aromatic rings. The number of rotatable bonds is 2. The van der Waals surface area contributed by atoms with Crippen molar-refractivity contribution in [2.24, 2.45) is 0 Å². The summed E-state index contributed by atoms with van der Waals surface area (Å²) in [4.78, 5) is 49.1. The van der Waals surface area contributed by atoms with Crippen LogP contribution in [0.2, 0.25) is 0 Å². The fraction of sp³-hybridized carbons (Fsp3) is 0.250. The summed E-state index contributed by atoms with van der Waals surface area (Å²) in [6, 6.07) is 0. The molecule has 0 saturated carbocycles. The second kappa shape index (κ2) is 1130. The maximum atomic E-state index is 9.06. The van der Waals surface area contributed by atoms with E-state index in [0.29, 0.717) is 6.61 Å². The van der Waals surface area contributed by atoms with Gasteiger partial charge in [-0.3, -0.25) is 0 Å². The van der Waals surface area contributed by atoms with Gasteiger partial charge >= 0.3 is 0 Å². The van der Waals surface area contributed by atoms with Gasteiger partial charge < -0.3 is 33.5 Å². The number of hydrogen-bond acceptors (Lipinski definition) is 7. The number of carbonyl (C=O) groups is 5. The molecule has 8 heteroatoms. The van der Waals surface area contributed by atoms with E-state index in [4.69, 9.17) is 28.8 Å². The van der Waals surface area contributed by atoms with Gasteiger partial charge in [0.1, 0.15) is 33.9 Å². The van der Waals surface area contributed by atoms with Crippen LogP contribution in [-0.4, -0.2) is 47.0 Å². The van der Waals surface area contributed by atoms with Crippen LogP contribution in [0.3, 0.4) is 0 Å². The Hall–Kier alpha value is -1.66. The molecule has 0 rings (SSSR count). The average molecular weight is 278 g/mol. The minimum Gasteiger partial charge on any atom is -0.653 e. The van der Waals surface area contributed by atoms with Crippen molar-refractivity contribution < 1.29 is 50.6 Å². The van der Waals surface area contributed by atoms with Crippen LogP contribution in [0.25, 0.3) is 0 Å². The zero-order valence-corrected chi connectivity index (χ0v) is 10.2. The van der Waals surface area contributed by atoms with Crippen LogP contribution < -0.4 is 0 Å². The Labute approximate surface area is 105 Å². The first-order valence-electron chi connectivity index (χ1n) is 2.85. The standard InChI is InChI=1S/C3H5O2.5CH2O.Mn/c1-2-5-3-4;5*1-2;/h2H2,1H3;5*1H2;/q-1;;;;;;. The van der Waals surface area contributed by atoms with Gasteiger partial charge in [-0.25, -0.2) is 0 Å². The fourth-order valence-corrected chi connectivity index (χ4v) is 0.0589. The molecule has 0 aliphatic carbocycles. The van der Waals surface area contributed by atoms with Crippen molar-refractivity contribution in [3.05, 3.63) is 0 Å². The van der Waals surface area contributed by atoms with Gasteiger partial charge in [-0.15, -0.1) is 0 Å². The molecule has 0 unspecified atom stereocenters. The summed E-state index contributed by atoms with van der Waals surface area (Å²) in [5.41, 5.74) is 0. The first kappa shape index (κ1) is 47.4. The summed E-state index contributed by atoms with van der Waals surface area (Å²) in [5, 5.41) is 0. The summed E-state index contributed by atoms with van der Waals surface area (Å²) < 4.78 is 4.03. The molecule has 0 aromatic carbocycles. The van der Waals surface area contributed by atoms with Crippen LogP contribution in [0.1, 0.15) is 6.92 Å². The van der Waals surface area contributed by atoms with E-state index in [1.54, 1.807) is 6.92 Å². The summed E-state index contributed by atoms with van der Waals surface area (Å²) >= 11 is 0. The summed E-state index contributed by atoms with van der Waals surface area (Å²) in [6.07, 6.45) is 0. The molecule has 0 atom stereocenters. The minimum absolute atomic E-state index is 0. The van der Waals surface area contributed by atoms with Crippen molar-refractivity contribution in [1.82, 2.24) is 0 Å². The Kier molecular flexibility index (Phi) is 3350. The van der Waals surface area contributed by atoms with E-state index < -0.39 is 0 Å². The van der Waals surface area contributed by atoms with E-state index in [2.05, 4.69) is 4.74 Å². The first-order valence-corrected chi connectivity index (χ1v) is 2.85. The Morgan fingerprint density at radius 1 is 0.812 bits per heavy atom. The van der Waals surface area contributed by atoms with Gasteiger partial charge in [-0.1, -0.05) is 6.47 Å². The predicted octanol–water partition coefficient (Wildman–Crippen LogP) is -0.837. The van der Waals surface area contributed by atoms with Gasteiger partial charge in [0.25, 0.3) is 0 Å². The molecule has 7 nitrogen and oxygen atoms in total. The monoisotopic (exact) mass is 278 g/mol. The van der Waals surface area contributed by atoms with E-state index in [1.807, 2.05) is 33.9 Å². The molecule has 0 saturated heterocycles. The van der Waals surface area contributed by atoms with Gasteiger partial charge in [0.2, 0.25) is 0 Å². The quantitative estimate of drug-likeness (QED) is 0.478. The molecule has 0 fully saturated rings. The second-order valence-electron chi connectivity index (χ2n) is 0.516. The van der Waals surface area contributed by atoms with Gasteiger partial charge in [-0.05, 0) is 6.92 Å². The Morgan fingerprint density at radius 2 is 1.00 bits per heavy atom. The third-order valence-corrected chi connectivity index (χ3v) is 0.203. The zero-order chi connectivity index (χ0) is 14.1. The third-order valence-electron chi connectivity index (χ3n) is 0.203. The third kappa shape index (κ3) is 13800. The van der Waals surface area contributed by atoms with E-state index in [-0.39, 0.29) is 17.1 Å². The molecule has 97 valence electrons. The van der Waals surface area contributed by atoms with Crippen molar-refractivity contribution in [2.75, 3.05) is 6.61 Å². The van der Waals surface area contributed by atoms with Gasteiger partial charge in [0.05, 0.1) is 0 Å². The maximum Gasteiger partial charge on any atom is 0.106 e. The topological polar surface area (TPSA) is 112 Å². The molecular formula is C8H15MnO7-. The number of carbonyl (C=O) groups excluding carboxylic acids is 6. The normalized spacial score (nSPS) is 3.31. The van der Waals surface area contributed by atoms with E-state index in [1.165, 1.54) is 6.47 Å². The van der Waals surface area contributed by atoms with Crippen molar-refractivity contribution in [1.29, 1.82) is 0 Å². The van der Waals surface area contributed by atoms with Crippen molar-refractivity contribution in [2.45, 2.75) is 6.92 Å². The molecule has 0 bridgehead atoms. The minimum atomic E-state index is 0. The van der Waals surface area contributed by atoms with Crippen LogP contribution in [0, 0.1) is 0 Å². The molecule has 0 heterocycles. The Morgan fingerprint density at radius 3 is 1.00 bits per heavy atom. The maximum absolute atomic E-state index is 9.06. The molecule has 0 amide bonds. The molecule has 0 spiro atoms. The number of ether oxygens (including phenoxy) is 1. The molecule has 0 aliphatic heterocycles. The molecule has 1 radical (unpaired) electrons.